The lowest BCUT2D eigenvalue weighted by Crippen LogP contribution is -2.66. The van der Waals surface area contributed by atoms with Crippen molar-refractivity contribution in [3.63, 3.8) is 0 Å². The summed E-state index contributed by atoms with van der Waals surface area (Å²) in [5, 5.41) is 21.6. The van der Waals surface area contributed by atoms with E-state index in [4.69, 9.17) is 10.5 Å². The largest absolute Gasteiger partial charge is 0.378 e. The molecule has 9 nitrogen and oxygen atoms in total. The van der Waals surface area contributed by atoms with E-state index in [9.17, 15) is 10.1 Å². The van der Waals surface area contributed by atoms with Crippen LogP contribution in [0.3, 0.4) is 0 Å². The van der Waals surface area contributed by atoms with Crippen molar-refractivity contribution in [1.82, 2.24) is 20.1 Å². The van der Waals surface area contributed by atoms with Crippen LogP contribution >= 0.6 is 0 Å². The number of carbonyl (C=O) groups is 1. The molecular formula is C18H23N7O2. The molecule has 0 aromatic carbocycles. The van der Waals surface area contributed by atoms with E-state index in [1.165, 1.54) is 0 Å². The van der Waals surface area contributed by atoms with Gasteiger partial charge in [0.15, 0.2) is 11.3 Å². The first-order valence-corrected chi connectivity index (χ1v) is 9.14. The molecule has 1 amide bonds. The highest BCUT2D eigenvalue weighted by Gasteiger charge is 2.46. The second-order valence-corrected chi connectivity index (χ2v) is 7.54. The van der Waals surface area contributed by atoms with Gasteiger partial charge >= 0.3 is 0 Å². The number of likely N-dealkylation sites (tertiary alicyclic amines) is 1. The van der Waals surface area contributed by atoms with Crippen LogP contribution in [0.1, 0.15) is 30.3 Å². The Hall–Kier alpha value is -2.70. The highest BCUT2D eigenvalue weighted by molar-refractivity contribution is 6.04. The molecule has 0 saturated carbocycles. The van der Waals surface area contributed by atoms with E-state index in [1.807, 2.05) is 6.07 Å². The number of hydrogen-bond acceptors (Lipinski definition) is 7. The zero-order valence-corrected chi connectivity index (χ0v) is 15.2. The van der Waals surface area contributed by atoms with Crippen LogP contribution < -0.4 is 11.1 Å². The normalized spacial score (nSPS) is 24.9. The fraction of sp³-hybridized carbons (Fsp3) is 0.556. The van der Waals surface area contributed by atoms with Gasteiger partial charge in [-0.15, -0.1) is 10.2 Å². The van der Waals surface area contributed by atoms with Crippen LogP contribution in [-0.4, -0.2) is 63.9 Å². The van der Waals surface area contributed by atoms with Gasteiger partial charge in [0.1, 0.15) is 0 Å². The summed E-state index contributed by atoms with van der Waals surface area (Å²) in [6, 6.07) is 4.26. The van der Waals surface area contributed by atoms with E-state index in [0.717, 1.165) is 24.9 Å². The molecule has 2 aromatic rings. The molecule has 2 aliphatic rings. The number of rotatable bonds is 5. The minimum atomic E-state index is -0.609. The third-order valence-corrected chi connectivity index (χ3v) is 5.82. The Bertz CT molecular complexity index is 899. The maximum Gasteiger partial charge on any atom is 0.271 e. The van der Waals surface area contributed by atoms with Gasteiger partial charge in [-0.05, 0) is 24.9 Å². The van der Waals surface area contributed by atoms with Crippen molar-refractivity contribution in [2.45, 2.75) is 31.3 Å². The van der Waals surface area contributed by atoms with Crippen molar-refractivity contribution in [2.24, 2.45) is 11.7 Å². The fourth-order valence-corrected chi connectivity index (χ4v) is 4.00. The number of aromatic nitrogens is 3. The molecule has 0 radical (unpaired) electrons. The Balaban J connectivity index is 1.63. The topological polar surface area (TPSA) is 133 Å². The number of amides is 1. The van der Waals surface area contributed by atoms with E-state index in [0.29, 0.717) is 36.9 Å². The Morgan fingerprint density at radius 1 is 1.56 bits per heavy atom. The smallest absolute Gasteiger partial charge is 0.271 e. The lowest BCUT2D eigenvalue weighted by molar-refractivity contribution is -0.146. The van der Waals surface area contributed by atoms with Gasteiger partial charge in [0.05, 0.1) is 36.9 Å². The number of anilines is 1. The number of fused-ring (bicyclic) bond motifs is 1. The fourth-order valence-electron chi connectivity index (χ4n) is 4.00. The van der Waals surface area contributed by atoms with Gasteiger partial charge in [-0.3, -0.25) is 9.69 Å². The Morgan fingerprint density at radius 3 is 3.04 bits per heavy atom. The summed E-state index contributed by atoms with van der Waals surface area (Å²) in [6.45, 7) is 5.07. The number of carbonyl (C=O) groups excluding carboxylic acids is 1. The third-order valence-electron chi connectivity index (χ3n) is 5.82. The number of piperidine rings is 1. The van der Waals surface area contributed by atoms with Crippen molar-refractivity contribution < 1.29 is 9.53 Å². The first-order chi connectivity index (χ1) is 13.0. The van der Waals surface area contributed by atoms with E-state index in [2.05, 4.69) is 38.4 Å². The predicted molar refractivity (Wildman–Crippen MR) is 99.0 cm³/mol. The lowest BCUT2D eigenvalue weighted by Gasteiger charge is -2.52. The molecule has 2 aromatic heterocycles. The summed E-state index contributed by atoms with van der Waals surface area (Å²) < 4.78 is 5.43. The average Bonchev–Trinajstić information content (AvgIpc) is 3.09. The SMILES string of the molecule is CC1CCN(C2(CC#N)COC2)CC1Nc1c(C(N)=O)nnc2[nH]ccc12. The Kier molecular flexibility index (Phi) is 4.45. The van der Waals surface area contributed by atoms with E-state index in [-0.39, 0.29) is 17.3 Å². The van der Waals surface area contributed by atoms with E-state index in [1.54, 1.807) is 6.20 Å². The van der Waals surface area contributed by atoms with E-state index >= 15 is 0 Å². The number of nitriles is 1. The van der Waals surface area contributed by atoms with Gasteiger partial charge < -0.3 is 20.8 Å². The van der Waals surface area contributed by atoms with Gasteiger partial charge in [-0.1, -0.05) is 6.92 Å². The number of nitrogens with one attached hydrogen (secondary N) is 2. The zero-order valence-electron chi connectivity index (χ0n) is 15.2. The molecule has 2 unspecified atom stereocenters. The zero-order chi connectivity index (χ0) is 19.0. The van der Waals surface area contributed by atoms with Crippen LogP contribution in [0, 0.1) is 17.2 Å². The summed E-state index contributed by atoms with van der Waals surface area (Å²) in [7, 11) is 0. The van der Waals surface area contributed by atoms with Crippen LogP contribution in [0.2, 0.25) is 0 Å². The van der Waals surface area contributed by atoms with E-state index < -0.39 is 5.91 Å². The molecule has 27 heavy (non-hydrogen) atoms. The predicted octanol–water partition coefficient (Wildman–Crippen LogP) is 0.862. The molecule has 4 rings (SSSR count). The monoisotopic (exact) mass is 369 g/mol. The van der Waals surface area contributed by atoms with Crippen LogP contribution in [0.25, 0.3) is 11.0 Å². The molecule has 9 heteroatoms. The molecule has 4 N–H and O–H groups in total. The van der Waals surface area contributed by atoms with Gasteiger partial charge in [0.2, 0.25) is 0 Å². The van der Waals surface area contributed by atoms with Gasteiger partial charge in [-0.25, -0.2) is 0 Å². The number of H-pyrrole nitrogens is 1. The number of hydrogen-bond donors (Lipinski definition) is 3. The summed E-state index contributed by atoms with van der Waals surface area (Å²) in [6.07, 6.45) is 3.21. The molecule has 4 heterocycles. The summed E-state index contributed by atoms with van der Waals surface area (Å²) in [5.74, 6) is -0.217. The first kappa shape index (κ1) is 17.7. The summed E-state index contributed by atoms with van der Waals surface area (Å²) >= 11 is 0. The first-order valence-electron chi connectivity index (χ1n) is 9.14. The maximum atomic E-state index is 11.9. The van der Waals surface area contributed by atoms with Gasteiger partial charge in [0.25, 0.3) is 5.91 Å². The number of nitrogens with zero attached hydrogens (tertiary/aromatic N) is 4. The molecular weight excluding hydrogens is 346 g/mol. The minimum Gasteiger partial charge on any atom is -0.378 e. The highest BCUT2D eigenvalue weighted by atomic mass is 16.5. The van der Waals surface area contributed by atoms with Crippen molar-refractivity contribution in [3.05, 3.63) is 18.0 Å². The van der Waals surface area contributed by atoms with Crippen molar-refractivity contribution >= 4 is 22.6 Å². The summed E-state index contributed by atoms with van der Waals surface area (Å²) in [5.41, 5.74) is 6.70. The minimum absolute atomic E-state index is 0.0929. The van der Waals surface area contributed by atoms with Crippen LogP contribution in [-0.2, 0) is 4.74 Å². The highest BCUT2D eigenvalue weighted by Crippen LogP contribution is 2.34. The number of aromatic amines is 1. The van der Waals surface area contributed by atoms with Crippen molar-refractivity contribution in [3.8, 4) is 6.07 Å². The van der Waals surface area contributed by atoms with Crippen LogP contribution in [0.4, 0.5) is 5.69 Å². The maximum absolute atomic E-state index is 11.9. The second kappa shape index (κ2) is 6.79. The number of nitrogens with two attached hydrogens (primary N) is 1. The molecule has 2 fully saturated rings. The quantitative estimate of drug-likeness (QED) is 0.712. The number of ether oxygens (including phenoxy) is 1. The Labute approximate surface area is 156 Å². The van der Waals surface area contributed by atoms with Gasteiger partial charge in [0, 0.05) is 24.2 Å². The Morgan fingerprint density at radius 2 is 2.37 bits per heavy atom. The molecule has 0 aliphatic carbocycles. The van der Waals surface area contributed by atoms with Gasteiger partial charge in [-0.2, -0.15) is 5.26 Å². The molecule has 2 aliphatic heterocycles. The molecule has 0 spiro atoms. The molecule has 2 saturated heterocycles. The second-order valence-electron chi connectivity index (χ2n) is 7.54. The molecule has 0 bridgehead atoms. The lowest BCUT2D eigenvalue weighted by atomic mass is 9.85. The van der Waals surface area contributed by atoms with Crippen LogP contribution in [0.15, 0.2) is 12.3 Å². The third kappa shape index (κ3) is 3.01. The van der Waals surface area contributed by atoms with Crippen molar-refractivity contribution in [1.29, 1.82) is 5.26 Å². The standard InChI is InChI=1S/C18H23N7O2/c1-11-3-7-25(18(4-5-19)9-27-10-18)8-13(11)22-14-12-2-6-21-17(12)24-23-15(14)16(20)26/h2,6,11,13H,3-4,7-10H2,1H3,(H2,20,26)(H2,21,22,24). The average molecular weight is 369 g/mol. The number of primary amides is 1. The molecule has 142 valence electrons. The van der Waals surface area contributed by atoms with Crippen LogP contribution in [0.5, 0.6) is 0 Å². The summed E-state index contributed by atoms with van der Waals surface area (Å²) in [4.78, 5) is 17.2. The van der Waals surface area contributed by atoms with Crippen molar-refractivity contribution in [2.75, 3.05) is 31.6 Å². The molecule has 2 atom stereocenters.